The Kier molecular flexibility index (Phi) is 3.60. The molecule has 1 aromatic heterocycles. The molecule has 1 saturated heterocycles. The third kappa shape index (κ3) is 2.50. The van der Waals surface area contributed by atoms with Crippen molar-refractivity contribution >= 4 is 21.1 Å². The number of likely N-dealkylation sites (N-methyl/N-ethyl adjacent to an activating group) is 1. The molecule has 1 aliphatic rings. The molecule has 0 aliphatic carbocycles. The summed E-state index contributed by atoms with van der Waals surface area (Å²) in [6.07, 6.45) is 0.816. The molecule has 1 atom stereocenters. The van der Waals surface area contributed by atoms with Crippen molar-refractivity contribution in [3.05, 3.63) is 28.7 Å². The fraction of sp³-hybridized carbons (Fsp3) is 0.462. The van der Waals surface area contributed by atoms with Crippen LogP contribution in [0.15, 0.2) is 27.9 Å². The van der Waals surface area contributed by atoms with Crippen LogP contribution < -0.4 is 11.0 Å². The number of imidazole rings is 1. The lowest BCUT2D eigenvalue weighted by Crippen LogP contribution is -2.41. The Labute approximate surface area is 122 Å². The predicted molar refractivity (Wildman–Crippen MR) is 79.8 cm³/mol. The van der Waals surface area contributed by atoms with Crippen LogP contribution in [0.4, 0.5) is 0 Å². The predicted octanol–water partition coefficient (Wildman–Crippen LogP) is 0.229. The van der Waals surface area contributed by atoms with Gasteiger partial charge in [0.1, 0.15) is 0 Å². The number of hydrogen-bond donors (Lipinski definition) is 3. The standard InChI is InChI=1S/C13H18N4O3S/c1-2-17(9-5-6-14-8-9)21(19,20)10-3-4-11-12(7-10)16-13(18)15-11/h3-4,7,9,14H,2,5-6,8H2,1H3,(H2,15,16,18). The second-order valence-electron chi connectivity index (χ2n) is 5.14. The molecule has 0 amide bonds. The third-order valence-corrected chi connectivity index (χ3v) is 5.87. The Morgan fingerprint density at radius 3 is 2.71 bits per heavy atom. The van der Waals surface area contributed by atoms with E-state index in [1.54, 1.807) is 6.07 Å². The summed E-state index contributed by atoms with van der Waals surface area (Å²) in [5, 5.41) is 3.19. The monoisotopic (exact) mass is 310 g/mol. The minimum absolute atomic E-state index is 0.0130. The largest absolute Gasteiger partial charge is 0.323 e. The topological polar surface area (TPSA) is 98.1 Å². The van der Waals surface area contributed by atoms with Gasteiger partial charge in [-0.3, -0.25) is 0 Å². The van der Waals surface area contributed by atoms with Gasteiger partial charge in [-0.2, -0.15) is 4.31 Å². The zero-order valence-electron chi connectivity index (χ0n) is 11.7. The van der Waals surface area contributed by atoms with E-state index in [0.717, 1.165) is 13.0 Å². The summed E-state index contributed by atoms with van der Waals surface area (Å²) >= 11 is 0. The van der Waals surface area contributed by atoms with E-state index in [-0.39, 0.29) is 16.6 Å². The molecule has 3 rings (SSSR count). The molecule has 1 unspecified atom stereocenters. The third-order valence-electron chi connectivity index (χ3n) is 3.85. The molecule has 2 heterocycles. The molecule has 0 radical (unpaired) electrons. The maximum atomic E-state index is 12.8. The molecule has 1 fully saturated rings. The molecule has 8 heteroatoms. The van der Waals surface area contributed by atoms with Crippen LogP contribution in [0.1, 0.15) is 13.3 Å². The van der Waals surface area contributed by atoms with E-state index in [4.69, 9.17) is 0 Å². The van der Waals surface area contributed by atoms with E-state index in [2.05, 4.69) is 15.3 Å². The van der Waals surface area contributed by atoms with Crippen LogP contribution in [0.3, 0.4) is 0 Å². The molecule has 3 N–H and O–H groups in total. The van der Waals surface area contributed by atoms with E-state index >= 15 is 0 Å². The lowest BCUT2D eigenvalue weighted by Gasteiger charge is -2.26. The fourth-order valence-electron chi connectivity index (χ4n) is 2.82. The highest BCUT2D eigenvalue weighted by molar-refractivity contribution is 7.89. The van der Waals surface area contributed by atoms with Gasteiger partial charge in [-0.1, -0.05) is 6.92 Å². The average Bonchev–Trinajstić information content (AvgIpc) is 3.06. The number of hydrogen-bond acceptors (Lipinski definition) is 4. The molecular weight excluding hydrogens is 292 g/mol. The fourth-order valence-corrected chi connectivity index (χ4v) is 4.51. The molecule has 0 saturated carbocycles. The zero-order chi connectivity index (χ0) is 15.0. The number of nitrogens with zero attached hydrogens (tertiary/aromatic N) is 1. The number of H-pyrrole nitrogens is 2. The molecule has 0 bridgehead atoms. The van der Waals surface area contributed by atoms with Crippen molar-refractivity contribution < 1.29 is 8.42 Å². The summed E-state index contributed by atoms with van der Waals surface area (Å²) in [4.78, 5) is 16.7. The first-order valence-corrected chi connectivity index (χ1v) is 8.41. The second-order valence-corrected chi connectivity index (χ2v) is 7.03. The van der Waals surface area contributed by atoms with Crippen molar-refractivity contribution in [1.82, 2.24) is 19.6 Å². The summed E-state index contributed by atoms with van der Waals surface area (Å²) in [5.74, 6) is 0. The Morgan fingerprint density at radius 2 is 2.05 bits per heavy atom. The second kappa shape index (κ2) is 5.28. The van der Waals surface area contributed by atoms with Crippen LogP contribution in [0, 0.1) is 0 Å². The number of rotatable bonds is 4. The van der Waals surface area contributed by atoms with Crippen molar-refractivity contribution in [3.63, 3.8) is 0 Å². The Balaban J connectivity index is 2.03. The van der Waals surface area contributed by atoms with Crippen LogP contribution >= 0.6 is 0 Å². The summed E-state index contributed by atoms with van der Waals surface area (Å²) in [5.41, 5.74) is 0.762. The molecule has 0 spiro atoms. The maximum Gasteiger partial charge on any atom is 0.323 e. The Bertz CT molecular complexity index is 802. The zero-order valence-corrected chi connectivity index (χ0v) is 12.5. The van der Waals surface area contributed by atoms with E-state index in [1.807, 2.05) is 6.92 Å². The van der Waals surface area contributed by atoms with Crippen molar-refractivity contribution in [1.29, 1.82) is 0 Å². The number of benzene rings is 1. The normalized spacial score (nSPS) is 19.6. The van der Waals surface area contributed by atoms with E-state index in [9.17, 15) is 13.2 Å². The number of aromatic amines is 2. The highest BCUT2D eigenvalue weighted by Gasteiger charge is 2.32. The lowest BCUT2D eigenvalue weighted by molar-refractivity contribution is 0.349. The van der Waals surface area contributed by atoms with Crippen LogP contribution in [0.2, 0.25) is 0 Å². The molecular formula is C13H18N4O3S. The molecule has 21 heavy (non-hydrogen) atoms. The summed E-state index contributed by atoms with van der Waals surface area (Å²) in [6, 6.07) is 4.64. The molecule has 1 aromatic carbocycles. The highest BCUT2D eigenvalue weighted by Crippen LogP contribution is 2.22. The average molecular weight is 310 g/mol. The number of fused-ring (bicyclic) bond motifs is 1. The first-order valence-electron chi connectivity index (χ1n) is 6.97. The SMILES string of the molecule is CCN(C1CCNC1)S(=O)(=O)c1ccc2[nH]c(=O)[nH]c2c1. The van der Waals surface area contributed by atoms with Gasteiger partial charge >= 0.3 is 5.69 Å². The van der Waals surface area contributed by atoms with Crippen molar-refractivity contribution in [3.8, 4) is 0 Å². The maximum absolute atomic E-state index is 12.8. The van der Waals surface area contributed by atoms with Crippen LogP contribution in [0.25, 0.3) is 11.0 Å². The summed E-state index contributed by atoms with van der Waals surface area (Å²) < 4.78 is 27.1. The molecule has 1 aliphatic heterocycles. The quantitative estimate of drug-likeness (QED) is 0.753. The number of sulfonamides is 1. The van der Waals surface area contributed by atoms with Crippen molar-refractivity contribution in [2.24, 2.45) is 0 Å². The summed E-state index contributed by atoms with van der Waals surface area (Å²) in [6.45, 7) is 3.78. The molecule has 114 valence electrons. The lowest BCUT2D eigenvalue weighted by atomic mass is 10.3. The van der Waals surface area contributed by atoms with Gasteiger partial charge in [0.05, 0.1) is 15.9 Å². The first-order chi connectivity index (χ1) is 10.0. The highest BCUT2D eigenvalue weighted by atomic mass is 32.2. The van der Waals surface area contributed by atoms with Gasteiger partial charge < -0.3 is 15.3 Å². The molecule has 2 aromatic rings. The smallest absolute Gasteiger partial charge is 0.315 e. The minimum atomic E-state index is -3.56. The van der Waals surface area contributed by atoms with Crippen LogP contribution in [-0.4, -0.2) is 48.4 Å². The van der Waals surface area contributed by atoms with Gasteiger partial charge in [-0.25, -0.2) is 13.2 Å². The Hall–Kier alpha value is -1.64. The first kappa shape index (κ1) is 14.3. The number of aromatic nitrogens is 2. The number of nitrogens with one attached hydrogen (secondary N) is 3. The van der Waals surface area contributed by atoms with Gasteiger partial charge in [0.25, 0.3) is 0 Å². The van der Waals surface area contributed by atoms with Crippen LogP contribution in [0.5, 0.6) is 0 Å². The summed E-state index contributed by atoms with van der Waals surface area (Å²) in [7, 11) is -3.56. The van der Waals surface area contributed by atoms with Gasteiger partial charge in [-0.15, -0.1) is 0 Å². The van der Waals surface area contributed by atoms with Crippen LogP contribution in [-0.2, 0) is 10.0 Å². The van der Waals surface area contributed by atoms with Gasteiger partial charge in [0.2, 0.25) is 10.0 Å². The van der Waals surface area contributed by atoms with E-state index in [1.165, 1.54) is 16.4 Å². The Morgan fingerprint density at radius 1 is 1.29 bits per heavy atom. The van der Waals surface area contributed by atoms with E-state index < -0.39 is 10.0 Å². The minimum Gasteiger partial charge on any atom is -0.315 e. The van der Waals surface area contributed by atoms with Crippen molar-refractivity contribution in [2.75, 3.05) is 19.6 Å². The van der Waals surface area contributed by atoms with Gasteiger partial charge in [-0.05, 0) is 31.2 Å². The van der Waals surface area contributed by atoms with Crippen molar-refractivity contribution in [2.45, 2.75) is 24.3 Å². The van der Waals surface area contributed by atoms with Gasteiger partial charge in [0.15, 0.2) is 0 Å². The van der Waals surface area contributed by atoms with E-state index in [0.29, 0.717) is 24.1 Å². The molecule has 7 nitrogen and oxygen atoms in total. The van der Waals surface area contributed by atoms with Gasteiger partial charge in [0, 0.05) is 19.1 Å².